The molecule has 0 unspecified atom stereocenters. The fraction of sp³-hybridized carbons (Fsp3) is 0.148. The molecule has 170 valence electrons. The molecule has 0 atom stereocenters. The van der Waals surface area contributed by atoms with Crippen LogP contribution in [0.25, 0.3) is 22.4 Å². The topological polar surface area (TPSA) is 65.7 Å². The molecule has 0 N–H and O–H groups in total. The zero-order chi connectivity index (χ0) is 23.3. The molecule has 34 heavy (non-hydrogen) atoms. The third-order valence-electron chi connectivity index (χ3n) is 5.19. The minimum Gasteiger partial charge on any atom is -0.494 e. The maximum Gasteiger partial charge on any atom is 0.291 e. The molecule has 7 heteroatoms. The zero-order valence-corrected chi connectivity index (χ0v) is 19.5. The Morgan fingerprint density at radius 1 is 0.912 bits per heavy atom. The molecular formula is C27H23N3O3S. The molecule has 2 heterocycles. The van der Waals surface area contributed by atoms with Crippen molar-refractivity contribution >= 4 is 22.4 Å². The quantitative estimate of drug-likeness (QED) is 0.329. The van der Waals surface area contributed by atoms with E-state index < -0.39 is 0 Å². The second-order valence-electron chi connectivity index (χ2n) is 7.76. The van der Waals surface area contributed by atoms with Gasteiger partial charge >= 0.3 is 0 Å². The van der Waals surface area contributed by atoms with Gasteiger partial charge in [-0.15, -0.1) is 5.10 Å². The highest BCUT2D eigenvalue weighted by molar-refractivity contribution is 7.15. The van der Waals surface area contributed by atoms with E-state index in [1.165, 1.54) is 15.9 Å². The minimum atomic E-state index is -0.175. The minimum absolute atomic E-state index is 0.175. The Bertz CT molecular complexity index is 1490. The Hall–Kier alpha value is -3.97. The first-order valence-corrected chi connectivity index (χ1v) is 11.9. The molecule has 3 aromatic carbocycles. The van der Waals surface area contributed by atoms with E-state index in [-0.39, 0.29) is 5.56 Å². The average Bonchev–Trinajstić information content (AvgIpc) is 3.42. The number of benzene rings is 3. The predicted octanol–water partition coefficient (Wildman–Crippen LogP) is 4.73. The van der Waals surface area contributed by atoms with Crippen molar-refractivity contribution in [3.05, 3.63) is 105 Å². The van der Waals surface area contributed by atoms with E-state index >= 15 is 0 Å². The Labute approximate surface area is 200 Å². The van der Waals surface area contributed by atoms with Gasteiger partial charge in [0.1, 0.15) is 18.1 Å². The lowest BCUT2D eigenvalue weighted by Crippen LogP contribution is -2.23. The summed E-state index contributed by atoms with van der Waals surface area (Å²) in [5.41, 5.74) is 2.70. The first kappa shape index (κ1) is 21.9. The van der Waals surface area contributed by atoms with Crippen molar-refractivity contribution in [3.8, 4) is 22.9 Å². The fourth-order valence-electron chi connectivity index (χ4n) is 3.43. The summed E-state index contributed by atoms with van der Waals surface area (Å²) < 4.78 is 13.4. The molecule has 0 fully saturated rings. The molecule has 5 rings (SSSR count). The first-order chi connectivity index (χ1) is 16.7. The van der Waals surface area contributed by atoms with Crippen LogP contribution in [0.15, 0.2) is 83.7 Å². The molecule has 0 bridgehead atoms. The number of nitrogens with zero attached hydrogens (tertiary/aromatic N) is 3. The van der Waals surface area contributed by atoms with Crippen LogP contribution in [0.2, 0.25) is 0 Å². The fourth-order valence-corrected chi connectivity index (χ4v) is 4.34. The van der Waals surface area contributed by atoms with Gasteiger partial charge in [-0.3, -0.25) is 4.79 Å². The lowest BCUT2D eigenvalue weighted by molar-refractivity contribution is 0.306. The van der Waals surface area contributed by atoms with Crippen LogP contribution in [-0.4, -0.2) is 21.2 Å². The normalized spacial score (nSPS) is 11.7. The van der Waals surface area contributed by atoms with E-state index in [1.807, 2.05) is 84.9 Å². The Balaban J connectivity index is 1.32. The van der Waals surface area contributed by atoms with Gasteiger partial charge < -0.3 is 9.47 Å². The summed E-state index contributed by atoms with van der Waals surface area (Å²) in [4.78, 5) is 18.0. The summed E-state index contributed by atoms with van der Waals surface area (Å²) in [5, 5.41) is 4.43. The van der Waals surface area contributed by atoms with Crippen LogP contribution in [0.5, 0.6) is 11.5 Å². The van der Waals surface area contributed by atoms with Gasteiger partial charge in [-0.05, 0) is 60.0 Å². The number of rotatable bonds is 8. The molecule has 2 aromatic heterocycles. The van der Waals surface area contributed by atoms with Crippen molar-refractivity contribution < 1.29 is 9.47 Å². The van der Waals surface area contributed by atoms with Crippen LogP contribution in [0.3, 0.4) is 0 Å². The summed E-state index contributed by atoms with van der Waals surface area (Å²) in [6, 6.07) is 25.3. The zero-order valence-electron chi connectivity index (χ0n) is 18.7. The predicted molar refractivity (Wildman–Crippen MR) is 134 cm³/mol. The van der Waals surface area contributed by atoms with Gasteiger partial charge in [0, 0.05) is 5.56 Å². The molecule has 0 radical (unpaired) electrons. The highest BCUT2D eigenvalue weighted by Gasteiger charge is 2.12. The second-order valence-corrected chi connectivity index (χ2v) is 8.77. The van der Waals surface area contributed by atoms with Crippen molar-refractivity contribution in [1.82, 2.24) is 14.6 Å². The van der Waals surface area contributed by atoms with E-state index in [4.69, 9.17) is 9.47 Å². The van der Waals surface area contributed by atoms with Crippen molar-refractivity contribution in [3.63, 3.8) is 0 Å². The summed E-state index contributed by atoms with van der Waals surface area (Å²) >= 11 is 1.33. The summed E-state index contributed by atoms with van der Waals surface area (Å²) in [5.74, 6) is 2.11. The van der Waals surface area contributed by atoms with Gasteiger partial charge in [-0.2, -0.15) is 9.50 Å². The number of hydrogen-bond donors (Lipinski definition) is 0. The van der Waals surface area contributed by atoms with E-state index in [0.717, 1.165) is 34.6 Å². The van der Waals surface area contributed by atoms with Crippen LogP contribution in [0.1, 0.15) is 24.5 Å². The van der Waals surface area contributed by atoms with Crippen molar-refractivity contribution in [2.45, 2.75) is 20.0 Å². The number of fused-ring (bicyclic) bond motifs is 1. The number of hydrogen-bond acceptors (Lipinski definition) is 6. The molecule has 5 aromatic rings. The van der Waals surface area contributed by atoms with Crippen LogP contribution in [0.4, 0.5) is 0 Å². The van der Waals surface area contributed by atoms with Gasteiger partial charge in [-0.25, -0.2) is 0 Å². The van der Waals surface area contributed by atoms with Gasteiger partial charge in [0.05, 0.1) is 11.1 Å². The van der Waals surface area contributed by atoms with Crippen LogP contribution >= 0.6 is 11.3 Å². The number of aromatic nitrogens is 3. The van der Waals surface area contributed by atoms with Crippen molar-refractivity contribution in [2.24, 2.45) is 0 Å². The smallest absolute Gasteiger partial charge is 0.291 e. The lowest BCUT2D eigenvalue weighted by atomic mass is 10.2. The Morgan fingerprint density at radius 2 is 1.62 bits per heavy atom. The summed E-state index contributed by atoms with van der Waals surface area (Å²) in [6.45, 7) is 3.26. The Kier molecular flexibility index (Phi) is 6.35. The van der Waals surface area contributed by atoms with E-state index in [1.54, 1.807) is 0 Å². The largest absolute Gasteiger partial charge is 0.494 e. The molecular weight excluding hydrogens is 446 g/mol. The molecule has 0 spiro atoms. The van der Waals surface area contributed by atoms with Crippen LogP contribution < -0.4 is 19.6 Å². The molecule has 0 saturated heterocycles. The van der Waals surface area contributed by atoms with E-state index in [9.17, 15) is 4.79 Å². The summed E-state index contributed by atoms with van der Waals surface area (Å²) in [6.07, 6.45) is 2.81. The first-order valence-electron chi connectivity index (χ1n) is 11.1. The standard InChI is InChI=1S/C27H23N3O3S/c1-2-16-32-22-14-10-21(11-15-22)25-28-27-30(29-25)26(31)24(34-27)17-19-8-12-23(13-9-19)33-18-20-6-4-3-5-7-20/h3-15,17H,2,16,18H2,1H3. The number of ether oxygens (including phenoxy) is 2. The maximum absolute atomic E-state index is 12.9. The third kappa shape index (κ3) is 4.84. The second kappa shape index (κ2) is 9.89. The monoisotopic (exact) mass is 469 g/mol. The SMILES string of the molecule is CCCOc1ccc(-c2nc3sc(=Cc4ccc(OCc5ccccc5)cc4)c(=O)n3n2)cc1. The lowest BCUT2D eigenvalue weighted by Gasteiger charge is -2.06. The van der Waals surface area contributed by atoms with Crippen LogP contribution in [-0.2, 0) is 6.61 Å². The third-order valence-corrected chi connectivity index (χ3v) is 6.15. The van der Waals surface area contributed by atoms with Crippen molar-refractivity contribution in [2.75, 3.05) is 6.61 Å². The molecule has 0 aliphatic carbocycles. The average molecular weight is 470 g/mol. The molecule has 0 saturated carbocycles. The molecule has 6 nitrogen and oxygen atoms in total. The highest BCUT2D eigenvalue weighted by atomic mass is 32.1. The van der Waals surface area contributed by atoms with Gasteiger partial charge in [-0.1, -0.05) is 60.7 Å². The molecule has 0 aliphatic rings. The van der Waals surface area contributed by atoms with Gasteiger partial charge in [0.15, 0.2) is 5.82 Å². The molecule has 0 aliphatic heterocycles. The summed E-state index contributed by atoms with van der Waals surface area (Å²) in [7, 11) is 0. The van der Waals surface area contributed by atoms with Gasteiger partial charge in [0.25, 0.3) is 5.56 Å². The highest BCUT2D eigenvalue weighted by Crippen LogP contribution is 2.21. The van der Waals surface area contributed by atoms with E-state index in [2.05, 4.69) is 17.0 Å². The van der Waals surface area contributed by atoms with Crippen molar-refractivity contribution in [1.29, 1.82) is 0 Å². The maximum atomic E-state index is 12.9. The van der Waals surface area contributed by atoms with Crippen LogP contribution in [0, 0.1) is 0 Å². The number of thiazole rings is 1. The molecule has 0 amide bonds. The van der Waals surface area contributed by atoms with Gasteiger partial charge in [0.2, 0.25) is 4.96 Å². The van der Waals surface area contributed by atoms with E-state index in [0.29, 0.717) is 28.5 Å². The Morgan fingerprint density at radius 3 is 2.32 bits per heavy atom.